The van der Waals surface area contributed by atoms with E-state index in [-0.39, 0.29) is 31.5 Å². The fourth-order valence-electron chi connectivity index (χ4n) is 3.72. The van der Waals surface area contributed by atoms with Gasteiger partial charge in [0.25, 0.3) is 0 Å². The van der Waals surface area contributed by atoms with Crippen LogP contribution in [0.5, 0.6) is 0 Å². The lowest BCUT2D eigenvalue weighted by Gasteiger charge is -2.28. The van der Waals surface area contributed by atoms with Crippen LogP contribution >= 0.6 is 0 Å². The molecule has 0 aliphatic carbocycles. The van der Waals surface area contributed by atoms with Gasteiger partial charge in [0, 0.05) is 42.3 Å². The first-order chi connectivity index (χ1) is 15.0. The number of hydrogen-bond acceptors (Lipinski definition) is 5. The Kier molecular flexibility index (Phi) is 8.19. The number of carbonyl (C=O) groups is 3. The highest BCUT2D eigenvalue weighted by Crippen LogP contribution is 2.24. The molecule has 2 aromatic heterocycles. The molecule has 8 nitrogen and oxygen atoms in total. The van der Waals surface area contributed by atoms with E-state index in [4.69, 9.17) is 4.74 Å². The van der Waals surface area contributed by atoms with Crippen LogP contribution in [0.25, 0.3) is 0 Å². The van der Waals surface area contributed by atoms with E-state index in [1.54, 1.807) is 30.8 Å². The molecular weight excluding hydrogens is 408 g/mol. The minimum atomic E-state index is -0.453. The van der Waals surface area contributed by atoms with Gasteiger partial charge in [-0.1, -0.05) is 0 Å². The first-order valence-corrected chi connectivity index (χ1v) is 10.9. The predicted octanol–water partition coefficient (Wildman–Crippen LogP) is 3.89. The number of hydrogen-bond donors (Lipinski definition) is 1. The Hall–Kier alpha value is -3.16. The largest absolute Gasteiger partial charge is 0.461 e. The second kappa shape index (κ2) is 10.4. The van der Waals surface area contributed by atoms with Gasteiger partial charge in [0.2, 0.25) is 0 Å². The van der Waals surface area contributed by atoms with Crippen molar-refractivity contribution in [3.63, 3.8) is 0 Å². The summed E-state index contributed by atoms with van der Waals surface area (Å²) in [5.74, 6) is -0.677. The van der Waals surface area contributed by atoms with Crippen LogP contribution in [0.1, 0.15) is 72.3 Å². The number of rotatable bonds is 8. The van der Waals surface area contributed by atoms with Crippen LogP contribution < -0.4 is 5.32 Å². The third-order valence-electron chi connectivity index (χ3n) is 5.06. The van der Waals surface area contributed by atoms with Crippen molar-refractivity contribution >= 4 is 17.8 Å². The Morgan fingerprint density at radius 2 is 1.75 bits per heavy atom. The number of urea groups is 1. The molecule has 8 heteroatoms. The van der Waals surface area contributed by atoms with Gasteiger partial charge in [-0.3, -0.25) is 9.78 Å². The van der Waals surface area contributed by atoms with E-state index in [1.807, 2.05) is 46.8 Å². The van der Waals surface area contributed by atoms with Crippen LogP contribution in [-0.4, -0.2) is 50.9 Å². The SMILES string of the molecule is CCOC(=O)c1c(C)c(C(=O)CN(Cc2ccncc2)C(=O)NC(C)(C)C)c(C)n1CC. The first kappa shape index (κ1) is 25.1. The quantitative estimate of drug-likeness (QED) is 0.494. The Labute approximate surface area is 190 Å². The number of aromatic nitrogens is 2. The standard InChI is InChI=1S/C24H34N4O4/c1-8-28-17(4)20(16(3)21(28)22(30)32-9-2)19(29)15-27(23(31)26-24(5,6)7)14-18-10-12-25-13-11-18/h10-13H,8-9,14-15H2,1-7H3,(H,26,31). The van der Waals surface area contributed by atoms with Crippen molar-refractivity contribution in [2.45, 2.75) is 67.1 Å². The van der Waals surface area contributed by atoms with Crippen molar-refractivity contribution in [2.75, 3.05) is 13.2 Å². The molecule has 0 aliphatic rings. The number of pyridine rings is 1. The van der Waals surface area contributed by atoms with Crippen LogP contribution in [0.3, 0.4) is 0 Å². The number of amides is 2. The molecule has 2 rings (SSSR count). The lowest BCUT2D eigenvalue weighted by Crippen LogP contribution is -2.49. The highest BCUT2D eigenvalue weighted by atomic mass is 16.5. The first-order valence-electron chi connectivity index (χ1n) is 10.9. The van der Waals surface area contributed by atoms with Gasteiger partial charge in [0.15, 0.2) is 5.78 Å². The fraction of sp³-hybridized carbons (Fsp3) is 0.500. The Balaban J connectivity index is 2.40. The van der Waals surface area contributed by atoms with E-state index < -0.39 is 11.5 Å². The average molecular weight is 443 g/mol. The molecule has 2 amide bonds. The van der Waals surface area contributed by atoms with Crippen LogP contribution in [0.4, 0.5) is 4.79 Å². The zero-order valence-electron chi connectivity index (χ0n) is 20.1. The van der Waals surface area contributed by atoms with Gasteiger partial charge in [0.1, 0.15) is 5.69 Å². The molecule has 0 fully saturated rings. The van der Waals surface area contributed by atoms with Gasteiger partial charge in [0.05, 0.1) is 13.2 Å². The van der Waals surface area contributed by atoms with Crippen LogP contribution in [0.15, 0.2) is 24.5 Å². The summed E-state index contributed by atoms with van der Waals surface area (Å²) >= 11 is 0. The summed E-state index contributed by atoms with van der Waals surface area (Å²) in [5.41, 5.74) is 2.52. The molecule has 1 N–H and O–H groups in total. The molecule has 2 heterocycles. The van der Waals surface area contributed by atoms with Gasteiger partial charge < -0.3 is 19.5 Å². The molecule has 2 aromatic rings. The zero-order valence-corrected chi connectivity index (χ0v) is 20.1. The molecule has 0 radical (unpaired) electrons. The number of ether oxygens (including phenoxy) is 1. The summed E-state index contributed by atoms with van der Waals surface area (Å²) in [4.78, 5) is 44.4. The number of nitrogens with zero attached hydrogens (tertiary/aromatic N) is 3. The second-order valence-electron chi connectivity index (χ2n) is 8.71. The molecule has 174 valence electrons. The van der Waals surface area contributed by atoms with Gasteiger partial charge in [-0.2, -0.15) is 0 Å². The summed E-state index contributed by atoms with van der Waals surface area (Å²) in [6.07, 6.45) is 3.30. The van der Waals surface area contributed by atoms with Crippen molar-refractivity contribution in [1.29, 1.82) is 0 Å². The van der Waals surface area contributed by atoms with E-state index in [9.17, 15) is 14.4 Å². The lowest BCUT2D eigenvalue weighted by atomic mass is 10.0. The third-order valence-corrected chi connectivity index (χ3v) is 5.06. The van der Waals surface area contributed by atoms with E-state index in [1.165, 1.54) is 4.90 Å². The summed E-state index contributed by atoms with van der Waals surface area (Å²) in [6, 6.07) is 3.29. The van der Waals surface area contributed by atoms with E-state index in [2.05, 4.69) is 10.3 Å². The van der Waals surface area contributed by atoms with E-state index in [0.717, 1.165) is 5.56 Å². The Morgan fingerprint density at radius 3 is 2.28 bits per heavy atom. The maximum atomic E-state index is 13.4. The molecular formula is C24H34N4O4. The predicted molar refractivity (Wildman–Crippen MR) is 123 cm³/mol. The number of carbonyl (C=O) groups excluding carboxylic acids is 3. The van der Waals surface area contributed by atoms with Crippen molar-refractivity contribution in [3.05, 3.63) is 52.6 Å². The molecule has 0 aromatic carbocycles. The summed E-state index contributed by atoms with van der Waals surface area (Å²) in [5, 5.41) is 2.93. The molecule has 32 heavy (non-hydrogen) atoms. The van der Waals surface area contributed by atoms with Crippen molar-refractivity contribution in [1.82, 2.24) is 19.8 Å². The maximum absolute atomic E-state index is 13.4. The molecule has 0 spiro atoms. The van der Waals surface area contributed by atoms with Gasteiger partial charge in [-0.25, -0.2) is 9.59 Å². The molecule has 0 aliphatic heterocycles. The van der Waals surface area contributed by atoms with E-state index in [0.29, 0.717) is 29.1 Å². The number of Topliss-reactive ketones (excluding diaryl/α,β-unsaturated/α-hetero) is 1. The van der Waals surface area contributed by atoms with Crippen molar-refractivity contribution in [2.24, 2.45) is 0 Å². The van der Waals surface area contributed by atoms with Crippen LogP contribution in [0.2, 0.25) is 0 Å². The zero-order chi connectivity index (χ0) is 24.1. The smallest absolute Gasteiger partial charge is 0.355 e. The molecule has 0 saturated heterocycles. The molecule has 0 unspecified atom stereocenters. The summed E-state index contributed by atoms with van der Waals surface area (Å²) < 4.78 is 7.00. The molecule has 0 bridgehead atoms. The fourth-order valence-corrected chi connectivity index (χ4v) is 3.72. The minimum Gasteiger partial charge on any atom is -0.461 e. The van der Waals surface area contributed by atoms with Crippen LogP contribution in [0, 0.1) is 13.8 Å². The minimum absolute atomic E-state index is 0.123. The monoisotopic (exact) mass is 442 g/mol. The molecule has 0 atom stereocenters. The maximum Gasteiger partial charge on any atom is 0.355 e. The highest BCUT2D eigenvalue weighted by Gasteiger charge is 2.29. The second-order valence-corrected chi connectivity index (χ2v) is 8.71. The number of nitrogens with one attached hydrogen (secondary N) is 1. The normalized spacial score (nSPS) is 11.2. The van der Waals surface area contributed by atoms with Gasteiger partial charge >= 0.3 is 12.0 Å². The molecule has 0 saturated carbocycles. The topological polar surface area (TPSA) is 93.5 Å². The lowest BCUT2D eigenvalue weighted by molar-refractivity contribution is 0.0512. The van der Waals surface area contributed by atoms with Crippen molar-refractivity contribution < 1.29 is 19.1 Å². The van der Waals surface area contributed by atoms with Crippen molar-refractivity contribution in [3.8, 4) is 0 Å². The van der Waals surface area contributed by atoms with E-state index >= 15 is 0 Å². The third kappa shape index (κ3) is 5.96. The van der Waals surface area contributed by atoms with Crippen LogP contribution in [-0.2, 0) is 17.8 Å². The van der Waals surface area contributed by atoms with Gasteiger partial charge in [-0.05, 0) is 71.7 Å². The van der Waals surface area contributed by atoms with Gasteiger partial charge in [-0.15, -0.1) is 0 Å². The average Bonchev–Trinajstić information content (AvgIpc) is 2.96. The highest BCUT2D eigenvalue weighted by molar-refractivity contribution is 6.04. The Bertz CT molecular complexity index is 974. The Morgan fingerprint density at radius 1 is 1.12 bits per heavy atom. The summed E-state index contributed by atoms with van der Waals surface area (Å²) in [6.45, 7) is 13.8. The number of ketones is 1. The summed E-state index contributed by atoms with van der Waals surface area (Å²) in [7, 11) is 0. The number of esters is 1.